The standard InChI is InChI=1S/C15H21NO4/c1-15(2,3)20-14(17)16-12(13-10-19-13)9-18-11-7-5-4-6-8-11/h4-8,12-13H,9-10H2,1-3H3,(H,16,17). The fourth-order valence-electron chi connectivity index (χ4n) is 1.69. The summed E-state index contributed by atoms with van der Waals surface area (Å²) in [7, 11) is 0. The summed E-state index contributed by atoms with van der Waals surface area (Å²) in [6.45, 7) is 6.48. The average Bonchev–Trinajstić information content (AvgIpc) is 3.17. The van der Waals surface area contributed by atoms with Crippen molar-refractivity contribution in [3.05, 3.63) is 30.3 Å². The highest BCUT2D eigenvalue weighted by molar-refractivity contribution is 5.68. The molecule has 0 saturated carbocycles. The number of hydrogen-bond acceptors (Lipinski definition) is 4. The molecular weight excluding hydrogens is 258 g/mol. The van der Waals surface area contributed by atoms with Crippen LogP contribution in [-0.2, 0) is 9.47 Å². The van der Waals surface area contributed by atoms with E-state index < -0.39 is 11.7 Å². The molecule has 0 radical (unpaired) electrons. The maximum Gasteiger partial charge on any atom is 0.408 e. The molecule has 1 heterocycles. The number of rotatable bonds is 5. The number of nitrogens with one attached hydrogen (secondary N) is 1. The third kappa shape index (κ3) is 5.09. The smallest absolute Gasteiger partial charge is 0.408 e. The van der Waals surface area contributed by atoms with Crippen molar-refractivity contribution in [3.8, 4) is 5.75 Å². The molecular formula is C15H21NO4. The van der Waals surface area contributed by atoms with E-state index in [0.29, 0.717) is 13.2 Å². The highest BCUT2D eigenvalue weighted by atomic mass is 16.6. The minimum Gasteiger partial charge on any atom is -0.491 e. The normalized spacial score (nSPS) is 19.1. The molecule has 1 N–H and O–H groups in total. The zero-order chi connectivity index (χ0) is 14.6. The van der Waals surface area contributed by atoms with Crippen molar-refractivity contribution in [2.75, 3.05) is 13.2 Å². The fraction of sp³-hybridized carbons (Fsp3) is 0.533. The van der Waals surface area contributed by atoms with Crippen LogP contribution in [0.2, 0.25) is 0 Å². The Kier molecular flexibility index (Phi) is 4.49. The van der Waals surface area contributed by atoms with Crippen LogP contribution in [0.1, 0.15) is 20.8 Å². The Bertz CT molecular complexity index is 437. The van der Waals surface area contributed by atoms with Gasteiger partial charge in [0.2, 0.25) is 0 Å². The quantitative estimate of drug-likeness (QED) is 0.841. The van der Waals surface area contributed by atoms with E-state index in [9.17, 15) is 4.79 Å². The van der Waals surface area contributed by atoms with E-state index in [1.807, 2.05) is 51.1 Å². The average molecular weight is 279 g/mol. The molecule has 20 heavy (non-hydrogen) atoms. The topological polar surface area (TPSA) is 60.1 Å². The maximum atomic E-state index is 11.8. The van der Waals surface area contributed by atoms with Crippen LogP contribution in [0.15, 0.2) is 30.3 Å². The van der Waals surface area contributed by atoms with Crippen molar-refractivity contribution >= 4 is 6.09 Å². The summed E-state index contributed by atoms with van der Waals surface area (Å²) >= 11 is 0. The SMILES string of the molecule is CC(C)(C)OC(=O)NC(COc1ccccc1)C1CO1. The number of hydrogen-bond donors (Lipinski definition) is 1. The van der Waals surface area contributed by atoms with Gasteiger partial charge in [-0.25, -0.2) is 4.79 Å². The minimum atomic E-state index is -0.515. The van der Waals surface area contributed by atoms with Gasteiger partial charge in [-0.1, -0.05) is 18.2 Å². The van der Waals surface area contributed by atoms with Crippen LogP contribution in [0.5, 0.6) is 5.75 Å². The summed E-state index contributed by atoms with van der Waals surface area (Å²) < 4.78 is 16.1. The molecule has 110 valence electrons. The van der Waals surface area contributed by atoms with E-state index in [2.05, 4.69) is 5.32 Å². The van der Waals surface area contributed by atoms with Gasteiger partial charge in [-0.3, -0.25) is 0 Å². The predicted molar refractivity (Wildman–Crippen MR) is 74.8 cm³/mol. The van der Waals surface area contributed by atoms with Gasteiger partial charge in [0.1, 0.15) is 24.1 Å². The van der Waals surface area contributed by atoms with Crippen LogP contribution in [-0.4, -0.2) is 37.1 Å². The minimum absolute atomic E-state index is 0.00577. The van der Waals surface area contributed by atoms with Crippen LogP contribution in [0.4, 0.5) is 4.79 Å². The van der Waals surface area contributed by atoms with Gasteiger partial charge in [-0.05, 0) is 32.9 Å². The second-order valence-corrected chi connectivity index (χ2v) is 5.75. The molecule has 0 aliphatic carbocycles. The van der Waals surface area contributed by atoms with E-state index >= 15 is 0 Å². The highest BCUT2D eigenvalue weighted by Crippen LogP contribution is 2.17. The number of alkyl carbamates (subject to hydrolysis) is 1. The maximum absolute atomic E-state index is 11.8. The second kappa shape index (κ2) is 6.13. The molecule has 2 unspecified atom stereocenters. The van der Waals surface area contributed by atoms with Gasteiger partial charge in [-0.2, -0.15) is 0 Å². The lowest BCUT2D eigenvalue weighted by atomic mass is 10.2. The molecule has 1 aliphatic heterocycles. The Labute approximate surface area is 119 Å². The molecule has 1 amide bonds. The molecule has 1 fully saturated rings. The van der Waals surface area contributed by atoms with Crippen LogP contribution >= 0.6 is 0 Å². The van der Waals surface area contributed by atoms with Gasteiger partial charge in [0, 0.05) is 0 Å². The first kappa shape index (κ1) is 14.7. The van der Waals surface area contributed by atoms with E-state index in [1.54, 1.807) is 0 Å². The fourth-order valence-corrected chi connectivity index (χ4v) is 1.69. The lowest BCUT2D eigenvalue weighted by molar-refractivity contribution is 0.0475. The van der Waals surface area contributed by atoms with E-state index in [0.717, 1.165) is 5.75 Å². The summed E-state index contributed by atoms with van der Waals surface area (Å²) in [6.07, 6.45) is -0.444. The zero-order valence-corrected chi connectivity index (χ0v) is 12.1. The Morgan fingerprint density at radius 1 is 1.40 bits per heavy atom. The lowest BCUT2D eigenvalue weighted by Crippen LogP contribution is -2.45. The number of amides is 1. The molecule has 1 saturated heterocycles. The van der Waals surface area contributed by atoms with Crippen LogP contribution in [0.3, 0.4) is 0 Å². The summed E-state index contributed by atoms with van der Waals surface area (Å²) in [5, 5.41) is 2.79. The van der Waals surface area contributed by atoms with Crippen molar-refractivity contribution < 1.29 is 19.0 Å². The summed E-state index contributed by atoms with van der Waals surface area (Å²) in [6, 6.07) is 9.27. The molecule has 0 aromatic heterocycles. The zero-order valence-electron chi connectivity index (χ0n) is 12.1. The molecule has 5 nitrogen and oxygen atoms in total. The van der Waals surface area contributed by atoms with Gasteiger partial charge >= 0.3 is 6.09 Å². The number of carbonyl (C=O) groups is 1. The first-order valence-corrected chi connectivity index (χ1v) is 6.73. The van der Waals surface area contributed by atoms with Crippen molar-refractivity contribution in [2.24, 2.45) is 0 Å². The molecule has 1 aliphatic rings. The number of para-hydroxylation sites is 1. The van der Waals surface area contributed by atoms with E-state index in [4.69, 9.17) is 14.2 Å². The summed E-state index contributed by atoms with van der Waals surface area (Å²) in [5.41, 5.74) is -0.515. The van der Waals surface area contributed by atoms with E-state index in [-0.39, 0.29) is 12.1 Å². The molecule has 2 rings (SSSR count). The Balaban J connectivity index is 1.83. The molecule has 1 aromatic carbocycles. The monoisotopic (exact) mass is 279 g/mol. The molecule has 0 spiro atoms. The number of carbonyl (C=O) groups excluding carboxylic acids is 1. The highest BCUT2D eigenvalue weighted by Gasteiger charge is 2.35. The van der Waals surface area contributed by atoms with E-state index in [1.165, 1.54) is 0 Å². The third-order valence-corrected chi connectivity index (χ3v) is 2.68. The van der Waals surface area contributed by atoms with Crippen LogP contribution in [0, 0.1) is 0 Å². The molecule has 2 atom stereocenters. The van der Waals surface area contributed by atoms with Gasteiger partial charge in [-0.15, -0.1) is 0 Å². The lowest BCUT2D eigenvalue weighted by Gasteiger charge is -2.23. The number of benzene rings is 1. The molecule has 0 bridgehead atoms. The first-order valence-electron chi connectivity index (χ1n) is 6.73. The van der Waals surface area contributed by atoms with Crippen molar-refractivity contribution in [2.45, 2.75) is 38.5 Å². The third-order valence-electron chi connectivity index (χ3n) is 2.68. The van der Waals surface area contributed by atoms with Crippen molar-refractivity contribution in [3.63, 3.8) is 0 Å². The first-order chi connectivity index (χ1) is 9.44. The van der Waals surface area contributed by atoms with Crippen molar-refractivity contribution in [1.29, 1.82) is 0 Å². The number of epoxide rings is 1. The molecule has 5 heteroatoms. The largest absolute Gasteiger partial charge is 0.491 e. The van der Waals surface area contributed by atoms with Crippen molar-refractivity contribution in [1.82, 2.24) is 5.32 Å². The van der Waals surface area contributed by atoms with Gasteiger partial charge in [0.15, 0.2) is 0 Å². The Hall–Kier alpha value is -1.75. The summed E-state index contributed by atoms with van der Waals surface area (Å²) in [4.78, 5) is 11.8. The van der Waals surface area contributed by atoms with Crippen LogP contribution in [0.25, 0.3) is 0 Å². The Morgan fingerprint density at radius 2 is 2.05 bits per heavy atom. The number of ether oxygens (including phenoxy) is 3. The van der Waals surface area contributed by atoms with Gasteiger partial charge in [0.25, 0.3) is 0 Å². The second-order valence-electron chi connectivity index (χ2n) is 5.75. The summed E-state index contributed by atoms with van der Waals surface area (Å²) in [5.74, 6) is 0.768. The van der Waals surface area contributed by atoms with Gasteiger partial charge < -0.3 is 19.5 Å². The van der Waals surface area contributed by atoms with Gasteiger partial charge in [0.05, 0.1) is 12.6 Å². The van der Waals surface area contributed by atoms with Crippen LogP contribution < -0.4 is 10.1 Å². The Morgan fingerprint density at radius 3 is 2.60 bits per heavy atom. The molecule has 1 aromatic rings. The predicted octanol–water partition coefficient (Wildman–Crippen LogP) is 2.36.